The van der Waals surface area contributed by atoms with Crippen LogP contribution in [-0.2, 0) is 0 Å². The molecule has 0 atom stereocenters. The van der Waals surface area contributed by atoms with E-state index in [9.17, 15) is 10.1 Å². The third-order valence-electron chi connectivity index (χ3n) is 2.85. The Morgan fingerprint density at radius 3 is 2.94 bits per heavy atom. The molecule has 5 nitrogen and oxygen atoms in total. The molecule has 1 N–H and O–H groups in total. The Bertz CT molecular complexity index is 451. The number of nitrogens with zero attached hydrogens (tertiary/aromatic N) is 2. The first-order valence-corrected chi connectivity index (χ1v) is 6.75. The second kappa shape index (κ2) is 4.70. The van der Waals surface area contributed by atoms with Gasteiger partial charge in [-0.25, -0.2) is 4.98 Å². The average Bonchev–Trinajstić information content (AvgIpc) is 3.08. The van der Waals surface area contributed by atoms with Crippen LogP contribution in [0, 0.1) is 10.1 Å². The van der Waals surface area contributed by atoms with E-state index in [1.165, 1.54) is 12.3 Å². The maximum Gasteiger partial charge on any atom is 0.312 e. The van der Waals surface area contributed by atoms with Crippen molar-refractivity contribution in [2.75, 3.05) is 18.1 Å². The van der Waals surface area contributed by atoms with Crippen molar-refractivity contribution in [3.05, 3.63) is 27.4 Å². The van der Waals surface area contributed by atoms with Crippen molar-refractivity contribution in [1.82, 2.24) is 4.98 Å². The Balaban J connectivity index is 2.12. The summed E-state index contributed by atoms with van der Waals surface area (Å²) in [7, 11) is 0. The number of rotatable bonds is 5. The zero-order chi connectivity index (χ0) is 12.5. The number of nitro groups is 1. The van der Waals surface area contributed by atoms with Crippen LogP contribution < -0.4 is 5.32 Å². The zero-order valence-corrected chi connectivity index (χ0v) is 10.8. The van der Waals surface area contributed by atoms with Crippen LogP contribution in [0.1, 0.15) is 12.8 Å². The van der Waals surface area contributed by atoms with Crippen molar-refractivity contribution in [3.63, 3.8) is 0 Å². The Kier molecular flexibility index (Phi) is 3.44. The van der Waals surface area contributed by atoms with Gasteiger partial charge in [0.1, 0.15) is 0 Å². The van der Waals surface area contributed by atoms with E-state index < -0.39 is 4.92 Å². The summed E-state index contributed by atoms with van der Waals surface area (Å²) in [6, 6.07) is 1.32. The first-order valence-electron chi connectivity index (χ1n) is 5.15. The molecule has 1 aliphatic carbocycles. The van der Waals surface area contributed by atoms with Crippen molar-refractivity contribution in [3.8, 4) is 0 Å². The molecule has 0 radical (unpaired) electrons. The molecule has 0 aromatic carbocycles. The first kappa shape index (κ1) is 12.4. The molecule has 17 heavy (non-hydrogen) atoms. The quantitative estimate of drug-likeness (QED) is 0.660. The van der Waals surface area contributed by atoms with Gasteiger partial charge in [-0.05, 0) is 19.1 Å². The molecule has 0 aliphatic heterocycles. The fourth-order valence-corrected chi connectivity index (χ4v) is 2.42. The number of aromatic nitrogens is 1. The van der Waals surface area contributed by atoms with E-state index in [2.05, 4.69) is 16.6 Å². The summed E-state index contributed by atoms with van der Waals surface area (Å²) in [6.07, 6.45) is 5.75. The second-order valence-corrected chi connectivity index (χ2v) is 5.73. The average molecular weight is 274 g/mol. The second-order valence-electron chi connectivity index (χ2n) is 4.02. The minimum Gasteiger partial charge on any atom is -0.363 e. The zero-order valence-electron chi connectivity index (χ0n) is 9.27. The Morgan fingerprint density at radius 2 is 2.41 bits per heavy atom. The predicted octanol–water partition coefficient (Wildman–Crippen LogP) is 2.95. The van der Waals surface area contributed by atoms with Gasteiger partial charge in [-0.2, -0.15) is 11.8 Å². The van der Waals surface area contributed by atoms with E-state index in [1.54, 1.807) is 11.8 Å². The van der Waals surface area contributed by atoms with Gasteiger partial charge in [0, 0.05) is 23.6 Å². The van der Waals surface area contributed by atoms with Crippen LogP contribution >= 0.6 is 23.4 Å². The van der Waals surface area contributed by atoms with Gasteiger partial charge in [-0.3, -0.25) is 10.1 Å². The summed E-state index contributed by atoms with van der Waals surface area (Å²) in [5.41, 5.74) is -0.0746. The fourth-order valence-electron chi connectivity index (χ4n) is 1.54. The lowest BCUT2D eigenvalue weighted by Crippen LogP contribution is -2.18. The Morgan fingerprint density at radius 1 is 1.71 bits per heavy atom. The molecule has 1 aromatic heterocycles. The number of hydrogen-bond acceptors (Lipinski definition) is 5. The maximum atomic E-state index is 10.8. The monoisotopic (exact) mass is 273 g/mol. The molecule has 1 heterocycles. The molecule has 0 bridgehead atoms. The number of hydrogen-bond donors (Lipinski definition) is 1. The normalized spacial score (nSPS) is 16.6. The van der Waals surface area contributed by atoms with Gasteiger partial charge >= 0.3 is 5.69 Å². The molecule has 1 aromatic rings. The Labute approximate surface area is 108 Å². The van der Waals surface area contributed by atoms with Crippen molar-refractivity contribution in [2.24, 2.45) is 0 Å². The van der Waals surface area contributed by atoms with Crippen LogP contribution in [0.2, 0.25) is 5.02 Å². The minimum atomic E-state index is -0.472. The van der Waals surface area contributed by atoms with Gasteiger partial charge < -0.3 is 5.32 Å². The number of halogens is 1. The molecule has 7 heteroatoms. The highest BCUT2D eigenvalue weighted by Gasteiger charge is 2.42. The summed E-state index contributed by atoms with van der Waals surface area (Å²) in [4.78, 5) is 14.3. The number of pyridine rings is 1. The van der Waals surface area contributed by atoms with Gasteiger partial charge in [-0.1, -0.05) is 11.6 Å². The van der Waals surface area contributed by atoms with Crippen LogP contribution in [0.5, 0.6) is 0 Å². The van der Waals surface area contributed by atoms with Crippen molar-refractivity contribution >= 4 is 34.9 Å². The van der Waals surface area contributed by atoms with Gasteiger partial charge in [0.15, 0.2) is 0 Å². The first-order chi connectivity index (χ1) is 8.06. The summed E-state index contributed by atoms with van der Waals surface area (Å²) in [5, 5.41) is 14.2. The molecule has 0 unspecified atom stereocenters. The summed E-state index contributed by atoms with van der Waals surface area (Å²) in [6.45, 7) is 0.698. The smallest absolute Gasteiger partial charge is 0.312 e. The minimum absolute atomic E-state index is 0.0746. The Hall–Kier alpha value is -1.01. The lowest BCUT2D eigenvalue weighted by Gasteiger charge is -2.13. The molecule has 0 spiro atoms. The highest BCUT2D eigenvalue weighted by Crippen LogP contribution is 2.47. The summed E-state index contributed by atoms with van der Waals surface area (Å²) in [5.74, 6) is 0.291. The highest BCUT2D eigenvalue weighted by molar-refractivity contribution is 8.00. The molecule has 0 saturated heterocycles. The van der Waals surface area contributed by atoms with Gasteiger partial charge in [0.05, 0.1) is 9.95 Å². The molecular weight excluding hydrogens is 262 g/mol. The largest absolute Gasteiger partial charge is 0.363 e. The van der Waals surface area contributed by atoms with Gasteiger partial charge in [-0.15, -0.1) is 0 Å². The van der Waals surface area contributed by atoms with Crippen molar-refractivity contribution < 1.29 is 4.92 Å². The van der Waals surface area contributed by atoms with Crippen LogP contribution in [0.15, 0.2) is 12.3 Å². The predicted molar refractivity (Wildman–Crippen MR) is 69.9 cm³/mol. The third-order valence-corrected chi connectivity index (χ3v) is 4.47. The molecule has 1 fully saturated rings. The number of thioether (sulfide) groups is 1. The van der Waals surface area contributed by atoms with Crippen molar-refractivity contribution in [1.29, 1.82) is 0 Å². The van der Waals surface area contributed by atoms with Gasteiger partial charge in [0.2, 0.25) is 5.82 Å². The fraction of sp³-hybridized carbons (Fsp3) is 0.500. The van der Waals surface area contributed by atoms with Crippen LogP contribution in [0.3, 0.4) is 0 Å². The lowest BCUT2D eigenvalue weighted by molar-refractivity contribution is -0.384. The lowest BCUT2D eigenvalue weighted by atomic mass is 10.3. The maximum absolute atomic E-state index is 10.8. The van der Waals surface area contributed by atoms with Crippen LogP contribution in [0.25, 0.3) is 0 Å². The highest BCUT2D eigenvalue weighted by atomic mass is 35.5. The number of anilines is 1. The standard InChI is InChI=1S/C10H12ClN3O2S/c1-17-10(2-3-10)6-13-9-8(14(15)16)4-7(11)5-12-9/h4-5H,2-3,6H2,1H3,(H,12,13). The number of nitrogens with one attached hydrogen (secondary N) is 1. The molecule has 1 aliphatic rings. The van der Waals surface area contributed by atoms with E-state index in [-0.39, 0.29) is 15.5 Å². The molecular formula is C10H12ClN3O2S. The van der Waals surface area contributed by atoms with E-state index in [1.807, 2.05) is 0 Å². The topological polar surface area (TPSA) is 68.1 Å². The van der Waals surface area contributed by atoms with E-state index >= 15 is 0 Å². The SMILES string of the molecule is CSC1(CNc2ncc(Cl)cc2[N+](=O)[O-])CC1. The van der Waals surface area contributed by atoms with E-state index in [0.29, 0.717) is 12.4 Å². The molecule has 1 saturated carbocycles. The molecule has 92 valence electrons. The van der Waals surface area contributed by atoms with Crippen LogP contribution in [-0.4, -0.2) is 27.5 Å². The van der Waals surface area contributed by atoms with Crippen LogP contribution in [0.4, 0.5) is 11.5 Å². The van der Waals surface area contributed by atoms with Gasteiger partial charge in [0.25, 0.3) is 0 Å². The third kappa shape index (κ3) is 2.81. The molecule has 2 rings (SSSR count). The summed E-state index contributed by atoms with van der Waals surface area (Å²) < 4.78 is 0.231. The van der Waals surface area contributed by atoms with Crippen molar-refractivity contribution in [2.45, 2.75) is 17.6 Å². The summed E-state index contributed by atoms with van der Waals surface area (Å²) >= 11 is 7.48. The van der Waals surface area contributed by atoms with E-state index in [0.717, 1.165) is 12.8 Å². The molecule has 0 amide bonds. The van der Waals surface area contributed by atoms with E-state index in [4.69, 9.17) is 11.6 Å².